The van der Waals surface area contributed by atoms with Crippen molar-refractivity contribution in [2.45, 2.75) is 26.2 Å². The van der Waals surface area contributed by atoms with Gasteiger partial charge in [-0.15, -0.1) is 11.3 Å². The van der Waals surface area contributed by atoms with Gasteiger partial charge in [0.05, 0.1) is 0 Å². The molecule has 0 aliphatic heterocycles. The van der Waals surface area contributed by atoms with E-state index in [1.165, 1.54) is 26.1 Å². The number of hydrogen-bond acceptors (Lipinski definition) is 2. The molecule has 0 fully saturated rings. The molecule has 0 saturated carbocycles. The quantitative estimate of drug-likeness (QED) is 0.660. The maximum Gasteiger partial charge on any atom is 0.137 e. The maximum atomic E-state index is 11.5. The van der Waals surface area contributed by atoms with Gasteiger partial charge in [-0.3, -0.25) is 4.79 Å². The molecule has 0 N–H and O–H groups in total. The number of carbonyl (C=O) groups excluding carboxylic acids is 1. The minimum absolute atomic E-state index is 0.388. The number of benzene rings is 1. The molecule has 0 spiro atoms. The Labute approximate surface area is 92.7 Å². The summed E-state index contributed by atoms with van der Waals surface area (Å²) in [7, 11) is 0. The molecule has 0 atom stereocenters. The lowest BCUT2D eigenvalue weighted by atomic mass is 9.89. The fourth-order valence-corrected chi connectivity index (χ4v) is 3.30. The number of rotatable bonds is 0. The second-order valence-corrected chi connectivity index (χ2v) is 5.48. The molecular weight excluding hydrogens is 204 g/mol. The van der Waals surface area contributed by atoms with Crippen LogP contribution in [-0.4, -0.2) is 5.78 Å². The molecule has 0 bridgehead atoms. The predicted octanol–water partition coefficient (Wildman–Crippen LogP) is 3.27. The summed E-state index contributed by atoms with van der Waals surface area (Å²) in [4.78, 5) is 12.8. The highest BCUT2D eigenvalue weighted by Gasteiger charge is 2.18. The van der Waals surface area contributed by atoms with Crippen LogP contribution in [0.2, 0.25) is 0 Å². The third-order valence-corrected chi connectivity index (χ3v) is 4.10. The van der Waals surface area contributed by atoms with Crippen LogP contribution in [0.1, 0.15) is 22.4 Å². The number of hydrogen-bond donors (Lipinski definition) is 0. The van der Waals surface area contributed by atoms with E-state index in [0.29, 0.717) is 12.2 Å². The van der Waals surface area contributed by atoms with Crippen molar-refractivity contribution in [2.75, 3.05) is 0 Å². The van der Waals surface area contributed by atoms with Crippen LogP contribution in [0.15, 0.2) is 18.2 Å². The fraction of sp³-hybridized carbons (Fsp3) is 0.308. The molecule has 15 heavy (non-hydrogen) atoms. The van der Waals surface area contributed by atoms with Gasteiger partial charge < -0.3 is 0 Å². The Balaban J connectivity index is 2.31. The van der Waals surface area contributed by atoms with Crippen molar-refractivity contribution in [1.29, 1.82) is 0 Å². The SMILES string of the molecule is Cc1cc2c3c(ccc2s1)CCC(=O)C3. The van der Waals surface area contributed by atoms with Crippen molar-refractivity contribution in [2.24, 2.45) is 0 Å². The normalized spacial score (nSPS) is 15.7. The van der Waals surface area contributed by atoms with Crippen LogP contribution in [0.5, 0.6) is 0 Å². The first kappa shape index (κ1) is 9.10. The molecule has 2 heteroatoms. The highest BCUT2D eigenvalue weighted by molar-refractivity contribution is 7.19. The van der Waals surface area contributed by atoms with Crippen molar-refractivity contribution >= 4 is 27.2 Å². The molecule has 1 aromatic heterocycles. The van der Waals surface area contributed by atoms with Crippen molar-refractivity contribution < 1.29 is 4.79 Å². The van der Waals surface area contributed by atoms with Crippen molar-refractivity contribution in [3.05, 3.63) is 34.2 Å². The van der Waals surface area contributed by atoms with E-state index in [2.05, 4.69) is 25.1 Å². The lowest BCUT2D eigenvalue weighted by Crippen LogP contribution is -2.13. The minimum atomic E-state index is 0.388. The van der Waals surface area contributed by atoms with Crippen LogP contribution in [-0.2, 0) is 17.6 Å². The molecule has 0 saturated heterocycles. The first-order valence-electron chi connectivity index (χ1n) is 5.26. The third kappa shape index (κ3) is 1.40. The largest absolute Gasteiger partial charge is 0.299 e. The predicted molar refractivity (Wildman–Crippen MR) is 63.6 cm³/mol. The van der Waals surface area contributed by atoms with Crippen molar-refractivity contribution in [1.82, 2.24) is 0 Å². The summed E-state index contributed by atoms with van der Waals surface area (Å²) in [5.41, 5.74) is 2.66. The summed E-state index contributed by atoms with van der Waals surface area (Å²) in [6.45, 7) is 2.13. The van der Waals surface area contributed by atoms with Gasteiger partial charge in [0.25, 0.3) is 0 Å². The van der Waals surface area contributed by atoms with Gasteiger partial charge >= 0.3 is 0 Å². The van der Waals surface area contributed by atoms with Crippen LogP contribution in [0, 0.1) is 6.92 Å². The summed E-state index contributed by atoms with van der Waals surface area (Å²) in [5, 5.41) is 1.31. The molecule has 1 aliphatic rings. The van der Waals surface area contributed by atoms with Gasteiger partial charge in [0.15, 0.2) is 0 Å². The molecule has 2 aromatic rings. The lowest BCUT2D eigenvalue weighted by molar-refractivity contribution is -0.118. The second kappa shape index (κ2) is 3.17. The van der Waals surface area contributed by atoms with Crippen LogP contribution in [0.4, 0.5) is 0 Å². The summed E-state index contributed by atoms with van der Waals surface area (Å²) >= 11 is 1.81. The number of carbonyl (C=O) groups is 1. The minimum Gasteiger partial charge on any atom is -0.299 e. The number of thiophene rings is 1. The smallest absolute Gasteiger partial charge is 0.137 e. The van der Waals surface area contributed by atoms with Gasteiger partial charge in [-0.2, -0.15) is 0 Å². The number of Topliss-reactive ketones (excluding diaryl/α,β-unsaturated/α-hetero) is 1. The summed E-state index contributed by atoms with van der Waals surface area (Å²) < 4.78 is 1.32. The Bertz CT molecular complexity index is 551. The van der Waals surface area contributed by atoms with E-state index < -0.39 is 0 Å². The molecule has 0 unspecified atom stereocenters. The standard InChI is InChI=1S/C13H12OS/c1-8-6-12-11-7-10(14)4-2-9(11)3-5-13(12)15-8/h3,5-6H,2,4,7H2,1H3. The van der Waals surface area contributed by atoms with Crippen molar-refractivity contribution in [3.8, 4) is 0 Å². The lowest BCUT2D eigenvalue weighted by Gasteiger charge is -2.15. The van der Waals surface area contributed by atoms with E-state index in [4.69, 9.17) is 0 Å². The van der Waals surface area contributed by atoms with E-state index in [9.17, 15) is 4.79 Å². The summed E-state index contributed by atoms with van der Waals surface area (Å²) in [5.74, 6) is 0.388. The zero-order valence-electron chi connectivity index (χ0n) is 8.67. The van der Waals surface area contributed by atoms with E-state index in [1.54, 1.807) is 0 Å². The zero-order valence-corrected chi connectivity index (χ0v) is 9.49. The van der Waals surface area contributed by atoms with Crippen LogP contribution >= 0.6 is 11.3 Å². The second-order valence-electron chi connectivity index (χ2n) is 4.19. The van der Waals surface area contributed by atoms with E-state index in [0.717, 1.165) is 12.8 Å². The average molecular weight is 216 g/mol. The van der Waals surface area contributed by atoms with Gasteiger partial charge in [-0.05, 0) is 42.0 Å². The first-order chi connectivity index (χ1) is 7.24. The van der Waals surface area contributed by atoms with Crippen molar-refractivity contribution in [3.63, 3.8) is 0 Å². The van der Waals surface area contributed by atoms with Gasteiger partial charge in [0, 0.05) is 22.4 Å². The molecule has 76 valence electrons. The zero-order chi connectivity index (χ0) is 10.4. The fourth-order valence-electron chi connectivity index (χ4n) is 2.34. The highest BCUT2D eigenvalue weighted by atomic mass is 32.1. The Morgan fingerprint density at radius 2 is 2.13 bits per heavy atom. The number of aryl methyl sites for hydroxylation is 2. The van der Waals surface area contributed by atoms with Gasteiger partial charge in [-0.25, -0.2) is 0 Å². The van der Waals surface area contributed by atoms with E-state index in [1.807, 2.05) is 11.3 Å². The number of fused-ring (bicyclic) bond motifs is 3. The molecule has 1 aromatic carbocycles. The molecule has 3 rings (SSSR count). The highest BCUT2D eigenvalue weighted by Crippen LogP contribution is 2.32. The van der Waals surface area contributed by atoms with Gasteiger partial charge in [0.1, 0.15) is 5.78 Å². The Morgan fingerprint density at radius 3 is 3.00 bits per heavy atom. The molecule has 1 heterocycles. The summed E-state index contributed by atoms with van der Waals surface area (Å²) in [6.07, 6.45) is 2.30. The summed E-state index contributed by atoms with van der Waals surface area (Å²) in [6, 6.07) is 6.61. The Hall–Kier alpha value is -1.15. The monoisotopic (exact) mass is 216 g/mol. The first-order valence-corrected chi connectivity index (χ1v) is 6.08. The van der Waals surface area contributed by atoms with Gasteiger partial charge in [0.2, 0.25) is 0 Å². The van der Waals surface area contributed by atoms with Crippen LogP contribution in [0.3, 0.4) is 0 Å². The molecule has 0 amide bonds. The van der Waals surface area contributed by atoms with Gasteiger partial charge in [-0.1, -0.05) is 6.07 Å². The maximum absolute atomic E-state index is 11.5. The third-order valence-electron chi connectivity index (χ3n) is 3.08. The average Bonchev–Trinajstić information content (AvgIpc) is 2.58. The topological polar surface area (TPSA) is 17.1 Å². The van der Waals surface area contributed by atoms with E-state index >= 15 is 0 Å². The molecule has 1 nitrogen and oxygen atoms in total. The van der Waals surface area contributed by atoms with E-state index in [-0.39, 0.29) is 0 Å². The molecule has 0 radical (unpaired) electrons. The van der Waals surface area contributed by atoms with Crippen LogP contribution < -0.4 is 0 Å². The molecular formula is C13H12OS. The Kier molecular flexibility index (Phi) is 1.93. The Morgan fingerprint density at radius 1 is 1.27 bits per heavy atom. The van der Waals surface area contributed by atoms with Crippen LogP contribution in [0.25, 0.3) is 10.1 Å². The number of ketones is 1. The molecule has 1 aliphatic carbocycles.